The summed E-state index contributed by atoms with van der Waals surface area (Å²) in [6.45, 7) is 12.4. The van der Waals surface area contributed by atoms with Crippen molar-refractivity contribution in [3.8, 4) is 0 Å². The normalized spacial score (nSPS) is 10.8. The second-order valence-corrected chi connectivity index (χ2v) is 5.99. The molecule has 142 valence electrons. The van der Waals surface area contributed by atoms with Crippen molar-refractivity contribution in [3.05, 3.63) is 24.3 Å². The maximum Gasteiger partial charge on any atom is 0.170 e. The largest absolute Gasteiger partial charge is 0.372 e. The number of thiocarbonyl (C=S) groups is 1. The van der Waals surface area contributed by atoms with Gasteiger partial charge in [-0.2, -0.15) is 0 Å². The standard InChI is InChI=1S/C19H33N3O2S/c1-5-22(6-2)17-13-11-16(12-14-17)21-19(25)20-15-9-10-18(23-7-3)24-8-4/h11-14,18H,5-10,15H2,1-4H3,(H2,20,21,25). The molecule has 0 aromatic heterocycles. The van der Waals surface area contributed by atoms with Crippen LogP contribution >= 0.6 is 12.2 Å². The number of hydrogen-bond donors (Lipinski definition) is 2. The second kappa shape index (κ2) is 12.9. The first-order valence-electron chi connectivity index (χ1n) is 9.27. The van der Waals surface area contributed by atoms with Gasteiger partial charge in [-0.3, -0.25) is 0 Å². The van der Waals surface area contributed by atoms with Gasteiger partial charge in [0.2, 0.25) is 0 Å². The van der Waals surface area contributed by atoms with Crippen LogP contribution in [0.4, 0.5) is 11.4 Å². The van der Waals surface area contributed by atoms with Crippen LogP contribution in [0, 0.1) is 0 Å². The highest BCUT2D eigenvalue weighted by Crippen LogP contribution is 2.17. The maximum atomic E-state index is 5.53. The molecule has 0 saturated heterocycles. The van der Waals surface area contributed by atoms with Crippen LogP contribution in [-0.2, 0) is 9.47 Å². The van der Waals surface area contributed by atoms with E-state index in [0.717, 1.165) is 38.2 Å². The Hall–Kier alpha value is -1.37. The van der Waals surface area contributed by atoms with E-state index in [4.69, 9.17) is 21.7 Å². The summed E-state index contributed by atoms with van der Waals surface area (Å²) in [6, 6.07) is 8.35. The van der Waals surface area contributed by atoms with Gasteiger partial charge in [0.05, 0.1) is 0 Å². The van der Waals surface area contributed by atoms with Crippen LogP contribution in [0.15, 0.2) is 24.3 Å². The van der Waals surface area contributed by atoms with Gasteiger partial charge < -0.3 is 25.0 Å². The molecule has 5 nitrogen and oxygen atoms in total. The Bertz CT molecular complexity index is 472. The van der Waals surface area contributed by atoms with Crippen molar-refractivity contribution in [2.45, 2.75) is 46.8 Å². The third-order valence-electron chi connectivity index (χ3n) is 3.86. The number of anilines is 2. The molecule has 1 aromatic rings. The minimum absolute atomic E-state index is 0.119. The van der Waals surface area contributed by atoms with E-state index in [1.807, 2.05) is 13.8 Å². The van der Waals surface area contributed by atoms with E-state index in [1.165, 1.54) is 5.69 Å². The Labute approximate surface area is 158 Å². The van der Waals surface area contributed by atoms with Crippen molar-refractivity contribution < 1.29 is 9.47 Å². The predicted octanol–water partition coefficient (Wildman–Crippen LogP) is 4.00. The van der Waals surface area contributed by atoms with Gasteiger partial charge in [0, 0.05) is 50.6 Å². The van der Waals surface area contributed by atoms with Crippen molar-refractivity contribution in [2.75, 3.05) is 43.1 Å². The van der Waals surface area contributed by atoms with Gasteiger partial charge >= 0.3 is 0 Å². The zero-order chi connectivity index (χ0) is 18.5. The topological polar surface area (TPSA) is 45.8 Å². The van der Waals surface area contributed by atoms with Crippen molar-refractivity contribution in [2.24, 2.45) is 0 Å². The number of rotatable bonds is 12. The minimum Gasteiger partial charge on any atom is -0.372 e. The highest BCUT2D eigenvalue weighted by molar-refractivity contribution is 7.80. The third-order valence-corrected chi connectivity index (χ3v) is 4.11. The number of benzene rings is 1. The van der Waals surface area contributed by atoms with Crippen molar-refractivity contribution in [1.29, 1.82) is 0 Å². The molecule has 2 N–H and O–H groups in total. The lowest BCUT2D eigenvalue weighted by atomic mass is 10.2. The zero-order valence-corrected chi connectivity index (χ0v) is 16.8. The van der Waals surface area contributed by atoms with Gasteiger partial charge in [-0.1, -0.05) is 0 Å². The summed E-state index contributed by atoms with van der Waals surface area (Å²) in [7, 11) is 0. The summed E-state index contributed by atoms with van der Waals surface area (Å²) in [6.07, 6.45) is 1.68. The van der Waals surface area contributed by atoms with E-state index in [1.54, 1.807) is 0 Å². The fourth-order valence-electron chi connectivity index (χ4n) is 2.58. The van der Waals surface area contributed by atoms with Gasteiger partial charge in [-0.25, -0.2) is 0 Å². The Kier molecular flexibility index (Phi) is 11.2. The van der Waals surface area contributed by atoms with Gasteiger partial charge in [-0.05, 0) is 70.6 Å². The maximum absolute atomic E-state index is 5.53. The Balaban J connectivity index is 2.32. The van der Waals surface area contributed by atoms with E-state index < -0.39 is 0 Å². The second-order valence-electron chi connectivity index (χ2n) is 5.58. The first kappa shape index (κ1) is 21.7. The van der Waals surface area contributed by atoms with Gasteiger partial charge in [0.1, 0.15) is 0 Å². The van der Waals surface area contributed by atoms with E-state index >= 15 is 0 Å². The van der Waals surface area contributed by atoms with E-state index in [-0.39, 0.29) is 6.29 Å². The Morgan fingerprint density at radius 2 is 1.64 bits per heavy atom. The molecule has 0 aliphatic rings. The van der Waals surface area contributed by atoms with E-state index in [9.17, 15) is 0 Å². The predicted molar refractivity (Wildman–Crippen MR) is 111 cm³/mol. The lowest BCUT2D eigenvalue weighted by Gasteiger charge is -2.21. The van der Waals surface area contributed by atoms with Crippen LogP contribution in [0.2, 0.25) is 0 Å². The average Bonchev–Trinajstić information content (AvgIpc) is 2.61. The van der Waals surface area contributed by atoms with Crippen LogP contribution in [0.5, 0.6) is 0 Å². The molecule has 0 aliphatic heterocycles. The summed E-state index contributed by atoms with van der Waals surface area (Å²) in [5.41, 5.74) is 2.22. The van der Waals surface area contributed by atoms with Crippen LogP contribution in [0.1, 0.15) is 40.5 Å². The fraction of sp³-hybridized carbons (Fsp3) is 0.632. The Morgan fingerprint density at radius 1 is 1.04 bits per heavy atom. The quantitative estimate of drug-likeness (QED) is 0.331. The summed E-state index contributed by atoms with van der Waals surface area (Å²) in [5, 5.41) is 7.09. The number of hydrogen-bond acceptors (Lipinski definition) is 4. The molecular weight excluding hydrogens is 334 g/mol. The SMILES string of the molecule is CCOC(CCCNC(=S)Nc1ccc(N(CC)CC)cc1)OCC. The zero-order valence-electron chi connectivity index (χ0n) is 16.0. The third kappa shape index (κ3) is 8.52. The van der Waals surface area contributed by atoms with Crippen molar-refractivity contribution in [1.82, 2.24) is 5.32 Å². The molecule has 1 aromatic carbocycles. The number of ether oxygens (including phenoxy) is 2. The molecule has 0 bridgehead atoms. The lowest BCUT2D eigenvalue weighted by molar-refractivity contribution is -0.139. The summed E-state index contributed by atoms with van der Waals surface area (Å²) >= 11 is 5.35. The first-order chi connectivity index (χ1) is 12.1. The number of nitrogens with one attached hydrogen (secondary N) is 2. The minimum atomic E-state index is -0.119. The van der Waals surface area contributed by atoms with Crippen molar-refractivity contribution in [3.63, 3.8) is 0 Å². The molecule has 6 heteroatoms. The molecular formula is C19H33N3O2S. The monoisotopic (exact) mass is 367 g/mol. The average molecular weight is 368 g/mol. The van der Waals surface area contributed by atoms with Gasteiger partial charge in [-0.15, -0.1) is 0 Å². The molecule has 0 fully saturated rings. The van der Waals surface area contributed by atoms with Crippen LogP contribution in [0.25, 0.3) is 0 Å². The molecule has 0 heterocycles. The summed E-state index contributed by atoms with van der Waals surface area (Å²) in [5.74, 6) is 0. The fourth-order valence-corrected chi connectivity index (χ4v) is 2.80. The molecule has 0 aliphatic carbocycles. The van der Waals surface area contributed by atoms with Crippen LogP contribution in [0.3, 0.4) is 0 Å². The van der Waals surface area contributed by atoms with Gasteiger partial charge in [0.15, 0.2) is 11.4 Å². The lowest BCUT2D eigenvalue weighted by Crippen LogP contribution is -2.30. The molecule has 0 amide bonds. The molecule has 0 radical (unpaired) electrons. The summed E-state index contributed by atoms with van der Waals surface area (Å²) in [4.78, 5) is 2.31. The van der Waals surface area contributed by atoms with Crippen LogP contribution < -0.4 is 15.5 Å². The van der Waals surface area contributed by atoms with E-state index in [0.29, 0.717) is 18.3 Å². The Morgan fingerprint density at radius 3 is 2.16 bits per heavy atom. The molecule has 0 saturated carbocycles. The highest BCUT2D eigenvalue weighted by atomic mass is 32.1. The molecule has 1 rings (SSSR count). The first-order valence-corrected chi connectivity index (χ1v) is 9.68. The number of nitrogens with zero attached hydrogens (tertiary/aromatic N) is 1. The smallest absolute Gasteiger partial charge is 0.170 e. The van der Waals surface area contributed by atoms with Crippen molar-refractivity contribution >= 4 is 28.7 Å². The summed E-state index contributed by atoms with van der Waals surface area (Å²) < 4.78 is 11.1. The van der Waals surface area contributed by atoms with Crippen LogP contribution in [-0.4, -0.2) is 44.3 Å². The highest BCUT2D eigenvalue weighted by Gasteiger charge is 2.07. The molecule has 0 unspecified atom stereocenters. The van der Waals surface area contributed by atoms with E-state index in [2.05, 4.69) is 53.6 Å². The molecule has 25 heavy (non-hydrogen) atoms. The van der Waals surface area contributed by atoms with Gasteiger partial charge in [0.25, 0.3) is 0 Å². The molecule has 0 spiro atoms. The molecule has 0 atom stereocenters.